The summed E-state index contributed by atoms with van der Waals surface area (Å²) >= 11 is 1.38. The Balaban J connectivity index is 1.52. The van der Waals surface area contributed by atoms with Gasteiger partial charge in [-0.15, -0.1) is 11.3 Å². The molecule has 0 saturated carbocycles. The Morgan fingerprint density at radius 1 is 1.03 bits per heavy atom. The molecule has 0 aliphatic rings. The first-order chi connectivity index (χ1) is 16.9. The van der Waals surface area contributed by atoms with Crippen molar-refractivity contribution < 1.29 is 9.59 Å². The molecular weight excluding hydrogens is 456 g/mol. The summed E-state index contributed by atoms with van der Waals surface area (Å²) in [7, 11) is 0. The molecule has 2 aromatic carbocycles. The van der Waals surface area contributed by atoms with Gasteiger partial charge in [-0.1, -0.05) is 56.7 Å². The van der Waals surface area contributed by atoms with Crippen molar-refractivity contribution in [3.8, 4) is 16.9 Å². The maximum absolute atomic E-state index is 13.2. The maximum Gasteiger partial charge on any atom is 0.251 e. The maximum atomic E-state index is 13.2. The van der Waals surface area contributed by atoms with Crippen molar-refractivity contribution in [2.45, 2.75) is 40.2 Å². The summed E-state index contributed by atoms with van der Waals surface area (Å²) in [6.07, 6.45) is 0.752. The van der Waals surface area contributed by atoms with Gasteiger partial charge in [-0.25, -0.2) is 4.98 Å². The fourth-order valence-electron chi connectivity index (χ4n) is 4.15. The van der Waals surface area contributed by atoms with E-state index in [1.165, 1.54) is 11.3 Å². The lowest BCUT2D eigenvalue weighted by Crippen LogP contribution is -2.47. The molecule has 35 heavy (non-hydrogen) atoms. The van der Waals surface area contributed by atoms with Crippen LogP contribution in [-0.4, -0.2) is 27.4 Å². The Kier molecular flexibility index (Phi) is 7.46. The van der Waals surface area contributed by atoms with Gasteiger partial charge in [-0.3, -0.25) is 9.59 Å². The fraction of sp³-hybridized carbons (Fsp3) is 0.250. The summed E-state index contributed by atoms with van der Waals surface area (Å²) < 4.78 is 2.20. The number of thiazole rings is 1. The number of aryl methyl sites for hydroxylation is 1. The average Bonchev–Trinajstić information content (AvgIpc) is 3.45. The van der Waals surface area contributed by atoms with Gasteiger partial charge < -0.3 is 15.2 Å². The second-order valence-electron chi connectivity index (χ2n) is 8.69. The first kappa shape index (κ1) is 24.4. The van der Waals surface area contributed by atoms with Crippen LogP contribution in [0, 0.1) is 19.8 Å². The number of anilines is 1. The topological polar surface area (TPSA) is 76.0 Å². The van der Waals surface area contributed by atoms with Gasteiger partial charge in [0.05, 0.1) is 5.69 Å². The second kappa shape index (κ2) is 10.7. The zero-order chi connectivity index (χ0) is 24.9. The Bertz CT molecular complexity index is 1310. The van der Waals surface area contributed by atoms with E-state index in [4.69, 9.17) is 4.98 Å². The van der Waals surface area contributed by atoms with Crippen LogP contribution >= 0.6 is 11.3 Å². The number of nitrogens with one attached hydrogen (secondary N) is 2. The van der Waals surface area contributed by atoms with Crippen molar-refractivity contribution in [1.29, 1.82) is 0 Å². The number of nitrogens with zero attached hydrogens (tertiary/aromatic N) is 2. The number of hydrogen-bond acceptors (Lipinski definition) is 4. The summed E-state index contributed by atoms with van der Waals surface area (Å²) in [5, 5.41) is 8.29. The van der Waals surface area contributed by atoms with Crippen LogP contribution in [-0.2, 0) is 4.79 Å². The summed E-state index contributed by atoms with van der Waals surface area (Å²) in [6.45, 7) is 8.11. The number of aromatic nitrogens is 2. The van der Waals surface area contributed by atoms with Gasteiger partial charge in [0, 0.05) is 33.6 Å². The van der Waals surface area contributed by atoms with Crippen LogP contribution in [0.1, 0.15) is 42.0 Å². The molecule has 180 valence electrons. The molecule has 2 heterocycles. The van der Waals surface area contributed by atoms with E-state index < -0.39 is 6.04 Å². The summed E-state index contributed by atoms with van der Waals surface area (Å²) in [6, 6.07) is 20.6. The third-order valence-corrected chi connectivity index (χ3v) is 7.03. The normalized spacial score (nSPS) is 12.7. The molecule has 0 saturated heterocycles. The van der Waals surface area contributed by atoms with E-state index in [9.17, 15) is 9.59 Å². The van der Waals surface area contributed by atoms with E-state index in [1.807, 2.05) is 43.5 Å². The molecular formula is C28H30N4O2S. The van der Waals surface area contributed by atoms with Crippen molar-refractivity contribution in [1.82, 2.24) is 14.9 Å². The Hall–Kier alpha value is -3.71. The highest BCUT2D eigenvalue weighted by Gasteiger charge is 2.27. The van der Waals surface area contributed by atoms with E-state index in [0.29, 0.717) is 10.7 Å². The van der Waals surface area contributed by atoms with E-state index in [-0.39, 0.29) is 17.7 Å². The number of benzene rings is 2. The standard InChI is InChI=1S/C28H30N4O2S/c1-5-18(2)25(30-26(33)21-12-8-6-9-13-21)27(34)31-28-29-24(17-35-28)23-16-19(3)32(20(23)4)22-14-10-7-11-15-22/h6-18,25H,5H2,1-4H3,(H,30,33)(H,29,31,34)/t18-,25-/m1/s1. The van der Waals surface area contributed by atoms with Crippen LogP contribution in [0.2, 0.25) is 0 Å². The number of amides is 2. The smallest absolute Gasteiger partial charge is 0.251 e. The molecule has 0 bridgehead atoms. The predicted molar refractivity (Wildman–Crippen MR) is 142 cm³/mol. The monoisotopic (exact) mass is 486 g/mol. The molecule has 4 aromatic rings. The summed E-state index contributed by atoms with van der Waals surface area (Å²) in [5.74, 6) is -0.564. The highest BCUT2D eigenvalue weighted by molar-refractivity contribution is 7.14. The molecule has 0 aliphatic carbocycles. The van der Waals surface area contributed by atoms with E-state index in [2.05, 4.69) is 47.2 Å². The number of hydrogen-bond donors (Lipinski definition) is 2. The minimum absolute atomic E-state index is 0.0353. The number of carbonyl (C=O) groups is 2. The second-order valence-corrected chi connectivity index (χ2v) is 9.54. The molecule has 2 N–H and O–H groups in total. The lowest BCUT2D eigenvalue weighted by molar-refractivity contribution is -0.119. The van der Waals surface area contributed by atoms with Gasteiger partial charge >= 0.3 is 0 Å². The van der Waals surface area contributed by atoms with Crippen LogP contribution < -0.4 is 10.6 Å². The number of rotatable bonds is 8. The molecule has 0 unspecified atom stereocenters. The van der Waals surface area contributed by atoms with Gasteiger partial charge in [-0.05, 0) is 50.1 Å². The van der Waals surface area contributed by atoms with Gasteiger partial charge in [0.1, 0.15) is 6.04 Å². The molecule has 2 amide bonds. The quantitative estimate of drug-likeness (QED) is 0.321. The van der Waals surface area contributed by atoms with Crippen molar-refractivity contribution in [2.24, 2.45) is 5.92 Å². The summed E-state index contributed by atoms with van der Waals surface area (Å²) in [5.41, 5.74) is 5.67. The Morgan fingerprint density at radius 3 is 2.34 bits per heavy atom. The van der Waals surface area contributed by atoms with Crippen molar-refractivity contribution in [2.75, 3.05) is 5.32 Å². The van der Waals surface area contributed by atoms with Gasteiger partial charge in [-0.2, -0.15) is 0 Å². The van der Waals surface area contributed by atoms with Gasteiger partial charge in [0.2, 0.25) is 5.91 Å². The molecule has 0 radical (unpaired) electrons. The highest BCUT2D eigenvalue weighted by Crippen LogP contribution is 2.31. The Labute approximate surface area is 210 Å². The van der Waals surface area contributed by atoms with Crippen LogP contribution in [0.4, 0.5) is 5.13 Å². The Morgan fingerprint density at radius 2 is 1.69 bits per heavy atom. The number of para-hydroxylation sites is 1. The SMILES string of the molecule is CC[C@@H](C)[C@@H](NC(=O)c1ccccc1)C(=O)Nc1nc(-c2cc(C)n(-c3ccccc3)c2C)cs1. The first-order valence-electron chi connectivity index (χ1n) is 11.8. The van der Waals surface area contributed by atoms with Crippen molar-refractivity contribution >= 4 is 28.3 Å². The van der Waals surface area contributed by atoms with Crippen LogP contribution in [0.25, 0.3) is 16.9 Å². The zero-order valence-corrected chi connectivity index (χ0v) is 21.2. The third kappa shape index (κ3) is 5.35. The molecule has 4 rings (SSSR count). The number of carbonyl (C=O) groups excluding carboxylic acids is 2. The fourth-order valence-corrected chi connectivity index (χ4v) is 4.86. The molecule has 0 aliphatic heterocycles. The minimum Gasteiger partial charge on any atom is -0.340 e. The lowest BCUT2D eigenvalue weighted by atomic mass is 9.98. The van der Waals surface area contributed by atoms with Gasteiger partial charge in [0.15, 0.2) is 5.13 Å². The van der Waals surface area contributed by atoms with Crippen LogP contribution in [0.3, 0.4) is 0 Å². The van der Waals surface area contributed by atoms with E-state index in [1.54, 1.807) is 24.3 Å². The average molecular weight is 487 g/mol. The molecule has 6 nitrogen and oxygen atoms in total. The van der Waals surface area contributed by atoms with E-state index in [0.717, 1.165) is 34.8 Å². The van der Waals surface area contributed by atoms with E-state index >= 15 is 0 Å². The van der Waals surface area contributed by atoms with Crippen LogP contribution in [0.5, 0.6) is 0 Å². The predicted octanol–water partition coefficient (Wildman–Crippen LogP) is 6.00. The molecule has 2 atom stereocenters. The van der Waals surface area contributed by atoms with Gasteiger partial charge in [0.25, 0.3) is 5.91 Å². The summed E-state index contributed by atoms with van der Waals surface area (Å²) in [4.78, 5) is 30.6. The third-order valence-electron chi connectivity index (χ3n) is 6.27. The van der Waals surface area contributed by atoms with Crippen molar-refractivity contribution in [3.63, 3.8) is 0 Å². The molecule has 2 aromatic heterocycles. The zero-order valence-electron chi connectivity index (χ0n) is 20.4. The highest BCUT2D eigenvalue weighted by atomic mass is 32.1. The lowest BCUT2D eigenvalue weighted by Gasteiger charge is -2.23. The molecule has 7 heteroatoms. The molecule has 0 fully saturated rings. The largest absolute Gasteiger partial charge is 0.340 e. The van der Waals surface area contributed by atoms with Crippen molar-refractivity contribution in [3.05, 3.63) is 89.1 Å². The molecule has 0 spiro atoms. The minimum atomic E-state index is -0.664. The first-order valence-corrected chi connectivity index (χ1v) is 12.6. The van der Waals surface area contributed by atoms with Crippen LogP contribution in [0.15, 0.2) is 72.1 Å².